The normalized spacial score (nSPS) is 36.4. The van der Waals surface area contributed by atoms with Crippen LogP contribution >= 0.6 is 0 Å². The molecule has 3 rings (SSSR count). The van der Waals surface area contributed by atoms with E-state index < -0.39 is 0 Å². The van der Waals surface area contributed by atoms with Gasteiger partial charge in [-0.15, -0.1) is 0 Å². The Bertz CT molecular complexity index is 205. The maximum Gasteiger partial charge on any atom is 0.0233 e. The lowest BCUT2D eigenvalue weighted by atomic mass is 9.73. The first-order chi connectivity index (χ1) is 7.38. The monoisotopic (exact) mass is 208 g/mol. The van der Waals surface area contributed by atoms with Crippen molar-refractivity contribution in [2.45, 2.75) is 51.0 Å². The van der Waals surface area contributed by atoms with Crippen molar-refractivity contribution in [1.82, 2.24) is 10.2 Å². The van der Waals surface area contributed by atoms with Gasteiger partial charge in [0.25, 0.3) is 0 Å². The second kappa shape index (κ2) is 4.06. The van der Waals surface area contributed by atoms with E-state index in [1.54, 1.807) is 0 Å². The summed E-state index contributed by atoms with van der Waals surface area (Å²) in [5, 5.41) is 3.48. The van der Waals surface area contributed by atoms with Gasteiger partial charge in [0.05, 0.1) is 0 Å². The lowest BCUT2D eigenvalue weighted by Crippen LogP contribution is -2.60. The van der Waals surface area contributed by atoms with Crippen LogP contribution in [0.15, 0.2) is 0 Å². The molecule has 2 heteroatoms. The summed E-state index contributed by atoms with van der Waals surface area (Å²) >= 11 is 0. The molecule has 0 amide bonds. The van der Waals surface area contributed by atoms with Gasteiger partial charge in [-0.25, -0.2) is 0 Å². The van der Waals surface area contributed by atoms with E-state index in [4.69, 9.17) is 0 Å². The van der Waals surface area contributed by atoms with Gasteiger partial charge in [0, 0.05) is 25.7 Å². The molecule has 15 heavy (non-hydrogen) atoms. The molecule has 86 valence electrons. The predicted molar refractivity (Wildman–Crippen MR) is 63.0 cm³/mol. The van der Waals surface area contributed by atoms with E-state index in [2.05, 4.69) is 10.2 Å². The van der Waals surface area contributed by atoms with Crippen molar-refractivity contribution in [2.24, 2.45) is 5.41 Å². The average molecular weight is 208 g/mol. The fraction of sp³-hybridized carbons (Fsp3) is 1.00. The first kappa shape index (κ1) is 10.1. The molecule has 0 bridgehead atoms. The fourth-order valence-electron chi connectivity index (χ4n) is 3.82. The Labute approximate surface area is 93.4 Å². The number of nitrogens with one attached hydrogen (secondary N) is 1. The number of hydrogen-bond donors (Lipinski definition) is 1. The smallest absolute Gasteiger partial charge is 0.0233 e. The third-order valence-corrected chi connectivity index (χ3v) is 4.79. The van der Waals surface area contributed by atoms with Crippen LogP contribution in [0.2, 0.25) is 0 Å². The Morgan fingerprint density at radius 1 is 1.00 bits per heavy atom. The van der Waals surface area contributed by atoms with Gasteiger partial charge in [-0.2, -0.15) is 0 Å². The molecular formula is C13H24N2. The molecular weight excluding hydrogens is 184 g/mol. The van der Waals surface area contributed by atoms with Crippen LogP contribution < -0.4 is 5.32 Å². The number of rotatable bonds is 1. The van der Waals surface area contributed by atoms with Crippen LogP contribution in [0.5, 0.6) is 0 Å². The minimum atomic E-state index is 0.763. The average Bonchev–Trinajstić information content (AvgIpc) is 2.59. The highest BCUT2D eigenvalue weighted by atomic mass is 15.3. The molecule has 0 aromatic heterocycles. The first-order valence-electron chi connectivity index (χ1n) is 6.83. The molecule has 3 aliphatic rings. The predicted octanol–water partition coefficient (Wildman–Crippen LogP) is 2.00. The van der Waals surface area contributed by atoms with Crippen molar-refractivity contribution in [2.75, 3.05) is 26.2 Å². The van der Waals surface area contributed by atoms with E-state index in [1.807, 2.05) is 0 Å². The van der Waals surface area contributed by atoms with E-state index in [9.17, 15) is 0 Å². The zero-order valence-electron chi connectivity index (χ0n) is 9.80. The van der Waals surface area contributed by atoms with Crippen molar-refractivity contribution >= 4 is 0 Å². The first-order valence-corrected chi connectivity index (χ1v) is 6.83. The molecule has 1 unspecified atom stereocenters. The molecule has 3 fully saturated rings. The summed E-state index contributed by atoms with van der Waals surface area (Å²) in [6.07, 6.45) is 10.4. The summed E-state index contributed by atoms with van der Waals surface area (Å²) < 4.78 is 0. The molecule has 1 saturated carbocycles. The summed E-state index contributed by atoms with van der Waals surface area (Å²) in [5.41, 5.74) is 0.763. The highest BCUT2D eigenvalue weighted by Gasteiger charge is 2.45. The summed E-state index contributed by atoms with van der Waals surface area (Å²) in [4.78, 5) is 2.74. The van der Waals surface area contributed by atoms with Gasteiger partial charge < -0.3 is 5.32 Å². The molecule has 1 aliphatic carbocycles. The van der Waals surface area contributed by atoms with Gasteiger partial charge in [-0.1, -0.05) is 25.7 Å². The molecule has 0 aromatic rings. The Morgan fingerprint density at radius 2 is 1.73 bits per heavy atom. The number of hydrogen-bond acceptors (Lipinski definition) is 2. The second-order valence-corrected chi connectivity index (χ2v) is 5.97. The van der Waals surface area contributed by atoms with Crippen LogP contribution in [0.1, 0.15) is 44.9 Å². The number of likely N-dealkylation sites (tertiary alicyclic amines) is 1. The third-order valence-electron chi connectivity index (χ3n) is 4.79. The van der Waals surface area contributed by atoms with Crippen LogP contribution in [-0.4, -0.2) is 37.1 Å². The van der Waals surface area contributed by atoms with E-state index in [1.165, 1.54) is 71.1 Å². The van der Waals surface area contributed by atoms with E-state index >= 15 is 0 Å². The molecule has 2 nitrogen and oxygen atoms in total. The molecule has 2 saturated heterocycles. The van der Waals surface area contributed by atoms with Gasteiger partial charge in [0.2, 0.25) is 0 Å². The van der Waals surface area contributed by atoms with Crippen LogP contribution in [0.3, 0.4) is 0 Å². The van der Waals surface area contributed by atoms with Crippen molar-refractivity contribution < 1.29 is 0 Å². The van der Waals surface area contributed by atoms with Crippen LogP contribution in [0, 0.1) is 5.41 Å². The summed E-state index contributed by atoms with van der Waals surface area (Å²) in [7, 11) is 0. The molecule has 2 heterocycles. The topological polar surface area (TPSA) is 15.3 Å². The van der Waals surface area contributed by atoms with Gasteiger partial charge in [-0.05, 0) is 31.2 Å². The summed E-state index contributed by atoms with van der Waals surface area (Å²) in [6, 6.07) is 0.874. The molecule has 1 N–H and O–H groups in total. The lowest BCUT2D eigenvalue weighted by molar-refractivity contribution is -0.0364. The molecule has 1 spiro atoms. The Balaban J connectivity index is 1.54. The van der Waals surface area contributed by atoms with Crippen LogP contribution in [0.25, 0.3) is 0 Å². The van der Waals surface area contributed by atoms with Crippen LogP contribution in [0.4, 0.5) is 0 Å². The Hall–Kier alpha value is -0.0800. The van der Waals surface area contributed by atoms with E-state index in [-0.39, 0.29) is 0 Å². The zero-order chi connectivity index (χ0) is 10.1. The summed E-state index contributed by atoms with van der Waals surface area (Å²) in [5.74, 6) is 0. The maximum absolute atomic E-state index is 3.48. The standard InChI is InChI=1S/C13H24N2/c1-2-4-7-13(6-3-1)10-15(11-13)12-5-8-14-9-12/h12,14H,1-11H2. The van der Waals surface area contributed by atoms with E-state index in [0.717, 1.165) is 11.5 Å². The van der Waals surface area contributed by atoms with Crippen LogP contribution in [-0.2, 0) is 0 Å². The Kier molecular flexibility index (Phi) is 2.73. The van der Waals surface area contributed by atoms with Gasteiger partial charge in [-0.3, -0.25) is 4.90 Å². The van der Waals surface area contributed by atoms with Crippen molar-refractivity contribution in [3.63, 3.8) is 0 Å². The maximum atomic E-state index is 3.48. The van der Waals surface area contributed by atoms with Crippen molar-refractivity contribution in [1.29, 1.82) is 0 Å². The molecule has 0 radical (unpaired) electrons. The quantitative estimate of drug-likeness (QED) is 0.709. The minimum Gasteiger partial charge on any atom is -0.315 e. The van der Waals surface area contributed by atoms with Gasteiger partial charge in [0.1, 0.15) is 0 Å². The minimum absolute atomic E-state index is 0.763. The molecule has 1 atom stereocenters. The largest absolute Gasteiger partial charge is 0.315 e. The third kappa shape index (κ3) is 1.94. The van der Waals surface area contributed by atoms with Gasteiger partial charge >= 0.3 is 0 Å². The molecule has 0 aromatic carbocycles. The molecule has 2 aliphatic heterocycles. The Morgan fingerprint density at radius 3 is 2.33 bits per heavy atom. The fourth-order valence-corrected chi connectivity index (χ4v) is 3.82. The SMILES string of the molecule is C1CCCC2(CC1)CN(C1CCNC1)C2. The number of nitrogens with zero attached hydrogens (tertiary/aromatic N) is 1. The lowest BCUT2D eigenvalue weighted by Gasteiger charge is -2.53. The zero-order valence-corrected chi connectivity index (χ0v) is 9.80. The highest BCUT2D eigenvalue weighted by Crippen LogP contribution is 2.43. The van der Waals surface area contributed by atoms with Gasteiger partial charge in [0.15, 0.2) is 0 Å². The summed E-state index contributed by atoms with van der Waals surface area (Å²) in [6.45, 7) is 5.32. The second-order valence-electron chi connectivity index (χ2n) is 5.97. The van der Waals surface area contributed by atoms with E-state index in [0.29, 0.717) is 0 Å². The van der Waals surface area contributed by atoms with Crippen molar-refractivity contribution in [3.8, 4) is 0 Å². The van der Waals surface area contributed by atoms with Crippen molar-refractivity contribution in [3.05, 3.63) is 0 Å². The highest BCUT2D eigenvalue weighted by molar-refractivity contribution is 4.99.